The first-order valence-electron chi connectivity index (χ1n) is 3.53. The van der Waals surface area contributed by atoms with E-state index in [0.717, 1.165) is 12.8 Å². The van der Waals surface area contributed by atoms with Crippen LogP contribution in [0.4, 0.5) is 0 Å². The lowest BCUT2D eigenvalue weighted by Crippen LogP contribution is -2.16. The van der Waals surface area contributed by atoms with Gasteiger partial charge in [0.05, 0.1) is 5.92 Å². The standard InChI is InChI=1S/C7H12O3/c1-5(6-2-3-6)7(9)10-4-8/h5-6,8H,2-4H2,1H3. The predicted molar refractivity (Wildman–Crippen MR) is 35.1 cm³/mol. The van der Waals surface area contributed by atoms with E-state index in [9.17, 15) is 4.79 Å². The van der Waals surface area contributed by atoms with Gasteiger partial charge in [-0.15, -0.1) is 0 Å². The van der Waals surface area contributed by atoms with Gasteiger partial charge in [0.2, 0.25) is 0 Å². The minimum atomic E-state index is -0.490. The molecule has 1 atom stereocenters. The van der Waals surface area contributed by atoms with Crippen LogP contribution in [-0.2, 0) is 9.53 Å². The minimum absolute atomic E-state index is 0.0212. The van der Waals surface area contributed by atoms with Crippen molar-refractivity contribution >= 4 is 5.97 Å². The van der Waals surface area contributed by atoms with Crippen LogP contribution < -0.4 is 0 Å². The van der Waals surface area contributed by atoms with Gasteiger partial charge in [0, 0.05) is 0 Å². The summed E-state index contributed by atoms with van der Waals surface area (Å²) in [6, 6.07) is 0. The molecule has 1 rings (SSSR count). The zero-order valence-electron chi connectivity index (χ0n) is 6.04. The van der Waals surface area contributed by atoms with Crippen LogP contribution in [0.3, 0.4) is 0 Å². The summed E-state index contributed by atoms with van der Waals surface area (Å²) in [5.74, 6) is 0.219. The fourth-order valence-corrected chi connectivity index (χ4v) is 0.984. The second-order valence-corrected chi connectivity index (χ2v) is 2.72. The van der Waals surface area contributed by atoms with Crippen LogP contribution in [0.15, 0.2) is 0 Å². The maximum absolute atomic E-state index is 10.8. The number of aliphatic hydroxyl groups is 1. The number of hydrogen-bond acceptors (Lipinski definition) is 3. The molecule has 0 aromatic carbocycles. The quantitative estimate of drug-likeness (QED) is 0.464. The highest BCUT2D eigenvalue weighted by Gasteiger charge is 2.33. The van der Waals surface area contributed by atoms with Gasteiger partial charge < -0.3 is 9.84 Å². The Kier molecular flexibility index (Phi) is 2.27. The molecular weight excluding hydrogens is 132 g/mol. The summed E-state index contributed by atoms with van der Waals surface area (Å²) in [5, 5.41) is 8.24. The number of rotatable bonds is 3. The molecule has 0 bridgehead atoms. The number of ether oxygens (including phenoxy) is 1. The normalized spacial score (nSPS) is 20.2. The van der Waals surface area contributed by atoms with Gasteiger partial charge in [-0.3, -0.25) is 4.79 Å². The maximum atomic E-state index is 10.8. The van der Waals surface area contributed by atoms with Gasteiger partial charge in [-0.2, -0.15) is 0 Å². The van der Waals surface area contributed by atoms with Crippen LogP contribution in [0, 0.1) is 11.8 Å². The topological polar surface area (TPSA) is 46.5 Å². The third kappa shape index (κ3) is 1.70. The van der Waals surface area contributed by atoms with Gasteiger partial charge in [-0.25, -0.2) is 0 Å². The Morgan fingerprint density at radius 2 is 2.40 bits per heavy atom. The molecule has 0 aromatic rings. The molecule has 1 fully saturated rings. The van der Waals surface area contributed by atoms with Crippen molar-refractivity contribution in [2.75, 3.05) is 6.79 Å². The van der Waals surface area contributed by atoms with Crippen molar-refractivity contribution in [1.82, 2.24) is 0 Å². The van der Waals surface area contributed by atoms with Gasteiger partial charge in [0.25, 0.3) is 0 Å². The van der Waals surface area contributed by atoms with Gasteiger partial charge >= 0.3 is 5.97 Å². The average Bonchev–Trinajstić information content (AvgIpc) is 2.68. The SMILES string of the molecule is CC(C(=O)OCO)C1CC1. The first kappa shape index (κ1) is 7.54. The summed E-state index contributed by atoms with van der Waals surface area (Å²) in [5.41, 5.74) is 0. The summed E-state index contributed by atoms with van der Waals surface area (Å²) >= 11 is 0. The van der Waals surface area contributed by atoms with Gasteiger partial charge in [-0.05, 0) is 18.8 Å². The Bertz CT molecular complexity index is 129. The van der Waals surface area contributed by atoms with Gasteiger partial charge in [0.15, 0.2) is 6.79 Å². The molecule has 0 heterocycles. The fourth-order valence-electron chi connectivity index (χ4n) is 0.984. The Hall–Kier alpha value is -0.570. The van der Waals surface area contributed by atoms with E-state index in [1.807, 2.05) is 6.92 Å². The van der Waals surface area contributed by atoms with E-state index >= 15 is 0 Å². The molecule has 3 nitrogen and oxygen atoms in total. The van der Waals surface area contributed by atoms with Crippen molar-refractivity contribution in [3.8, 4) is 0 Å². The van der Waals surface area contributed by atoms with Crippen LogP contribution in [0.1, 0.15) is 19.8 Å². The van der Waals surface area contributed by atoms with E-state index < -0.39 is 6.79 Å². The highest BCUT2D eigenvalue weighted by Crippen LogP contribution is 2.36. The summed E-state index contributed by atoms with van der Waals surface area (Å²) in [4.78, 5) is 10.8. The largest absolute Gasteiger partial charge is 0.438 e. The van der Waals surface area contributed by atoms with Crippen molar-refractivity contribution in [2.24, 2.45) is 11.8 Å². The molecular formula is C7H12O3. The van der Waals surface area contributed by atoms with E-state index in [2.05, 4.69) is 4.74 Å². The maximum Gasteiger partial charge on any atom is 0.311 e. The van der Waals surface area contributed by atoms with Crippen LogP contribution >= 0.6 is 0 Å². The Balaban J connectivity index is 2.24. The van der Waals surface area contributed by atoms with Crippen LogP contribution in [-0.4, -0.2) is 17.9 Å². The molecule has 1 saturated carbocycles. The molecule has 10 heavy (non-hydrogen) atoms. The summed E-state index contributed by atoms with van der Waals surface area (Å²) < 4.78 is 4.42. The summed E-state index contributed by atoms with van der Waals surface area (Å²) in [7, 11) is 0. The number of hydrogen-bond donors (Lipinski definition) is 1. The van der Waals surface area contributed by atoms with Crippen LogP contribution in [0.5, 0.6) is 0 Å². The number of carbonyl (C=O) groups is 1. The Morgan fingerprint density at radius 1 is 1.80 bits per heavy atom. The molecule has 58 valence electrons. The van der Waals surface area contributed by atoms with Crippen molar-refractivity contribution in [3.63, 3.8) is 0 Å². The van der Waals surface area contributed by atoms with Crippen molar-refractivity contribution in [2.45, 2.75) is 19.8 Å². The lowest BCUT2D eigenvalue weighted by molar-refractivity contribution is -0.156. The smallest absolute Gasteiger partial charge is 0.311 e. The van der Waals surface area contributed by atoms with E-state index in [1.54, 1.807) is 0 Å². The van der Waals surface area contributed by atoms with Crippen molar-refractivity contribution in [3.05, 3.63) is 0 Å². The number of esters is 1. The molecule has 0 radical (unpaired) electrons. The Morgan fingerprint density at radius 3 is 2.80 bits per heavy atom. The fraction of sp³-hybridized carbons (Fsp3) is 0.857. The van der Waals surface area contributed by atoms with Crippen molar-refractivity contribution < 1.29 is 14.6 Å². The third-order valence-electron chi connectivity index (χ3n) is 1.91. The molecule has 0 saturated heterocycles. The van der Waals surface area contributed by atoms with Gasteiger partial charge in [-0.1, -0.05) is 6.92 Å². The molecule has 1 aliphatic carbocycles. The molecule has 3 heteroatoms. The minimum Gasteiger partial charge on any atom is -0.438 e. The molecule has 1 N–H and O–H groups in total. The molecule has 0 aliphatic heterocycles. The van der Waals surface area contributed by atoms with Gasteiger partial charge in [0.1, 0.15) is 0 Å². The number of aliphatic hydroxyl groups excluding tert-OH is 1. The first-order chi connectivity index (χ1) is 4.75. The monoisotopic (exact) mass is 144 g/mol. The summed E-state index contributed by atoms with van der Waals surface area (Å²) in [6.45, 7) is 1.35. The van der Waals surface area contributed by atoms with Crippen molar-refractivity contribution in [1.29, 1.82) is 0 Å². The van der Waals surface area contributed by atoms with E-state index in [-0.39, 0.29) is 11.9 Å². The third-order valence-corrected chi connectivity index (χ3v) is 1.91. The molecule has 0 amide bonds. The zero-order valence-corrected chi connectivity index (χ0v) is 6.04. The molecule has 0 aromatic heterocycles. The summed E-state index contributed by atoms with van der Waals surface area (Å²) in [6.07, 6.45) is 2.25. The highest BCUT2D eigenvalue weighted by molar-refractivity contribution is 5.72. The molecule has 1 aliphatic rings. The van der Waals surface area contributed by atoms with Crippen LogP contribution in [0.2, 0.25) is 0 Å². The average molecular weight is 144 g/mol. The van der Waals surface area contributed by atoms with E-state index in [4.69, 9.17) is 5.11 Å². The second kappa shape index (κ2) is 3.01. The molecule has 0 spiro atoms. The highest BCUT2D eigenvalue weighted by atomic mass is 16.6. The Labute approximate surface area is 60.0 Å². The lowest BCUT2D eigenvalue weighted by atomic mass is 10.1. The molecule has 1 unspecified atom stereocenters. The zero-order chi connectivity index (χ0) is 7.56. The predicted octanol–water partition coefficient (Wildman–Crippen LogP) is 0.526. The van der Waals surface area contributed by atoms with E-state index in [0.29, 0.717) is 5.92 Å². The van der Waals surface area contributed by atoms with Crippen LogP contribution in [0.25, 0.3) is 0 Å². The van der Waals surface area contributed by atoms with E-state index in [1.165, 1.54) is 0 Å². The second-order valence-electron chi connectivity index (χ2n) is 2.72. The number of carbonyl (C=O) groups excluding carboxylic acids is 1. The first-order valence-corrected chi connectivity index (χ1v) is 3.53. The lowest BCUT2D eigenvalue weighted by Gasteiger charge is -2.06.